The highest BCUT2D eigenvalue weighted by Crippen LogP contribution is 2.30. The van der Waals surface area contributed by atoms with Crippen LogP contribution in [0.4, 0.5) is 0 Å². The third-order valence-corrected chi connectivity index (χ3v) is 4.59. The van der Waals surface area contributed by atoms with Crippen LogP contribution in [-0.2, 0) is 9.47 Å². The second kappa shape index (κ2) is 11.4. The van der Waals surface area contributed by atoms with Gasteiger partial charge < -0.3 is 23.8 Å². The summed E-state index contributed by atoms with van der Waals surface area (Å²) < 4.78 is 22.6. The minimum atomic E-state index is -0.356. The molecule has 0 aliphatic carbocycles. The van der Waals surface area contributed by atoms with Crippen LogP contribution >= 0.6 is 0 Å². The molecular formula is C22H36N2O5. The molecule has 1 aromatic rings. The van der Waals surface area contributed by atoms with Crippen LogP contribution in [0.3, 0.4) is 0 Å². The van der Waals surface area contributed by atoms with Gasteiger partial charge in [-0.2, -0.15) is 0 Å². The van der Waals surface area contributed by atoms with Crippen molar-refractivity contribution in [1.29, 1.82) is 0 Å². The number of nitrogens with zero attached hydrogens (tertiary/aromatic N) is 2. The topological polar surface area (TPSA) is 60.5 Å². The zero-order valence-electron chi connectivity index (χ0n) is 18.5. The van der Waals surface area contributed by atoms with Gasteiger partial charge >= 0.3 is 5.97 Å². The van der Waals surface area contributed by atoms with Crippen LogP contribution in [-0.4, -0.2) is 89.1 Å². The Balaban J connectivity index is 2.05. The Bertz CT molecular complexity index is 642. The van der Waals surface area contributed by atoms with Gasteiger partial charge in [0, 0.05) is 31.6 Å². The predicted molar refractivity (Wildman–Crippen MR) is 113 cm³/mol. The van der Waals surface area contributed by atoms with E-state index in [1.165, 1.54) is 0 Å². The minimum absolute atomic E-state index is 0.0195. The summed E-state index contributed by atoms with van der Waals surface area (Å²) in [7, 11) is 4.10. The maximum absolute atomic E-state index is 12.1. The molecule has 0 spiro atoms. The van der Waals surface area contributed by atoms with Gasteiger partial charge in [-0.3, -0.25) is 4.90 Å². The Morgan fingerprint density at radius 1 is 1.17 bits per heavy atom. The summed E-state index contributed by atoms with van der Waals surface area (Å²) in [6.45, 7) is 12.6. The standard InChI is InChI=1S/C22H36N2O5/c1-6-27-21(25)18-7-8-19(29-17-22(2,3)16-23(4)5)20(15-18)28-14-11-24-9-12-26-13-10-24/h7-8,15H,6,9-14,16-17H2,1-5H3. The molecule has 1 aliphatic heterocycles. The maximum Gasteiger partial charge on any atom is 0.338 e. The lowest BCUT2D eigenvalue weighted by Gasteiger charge is -2.29. The van der Waals surface area contributed by atoms with Gasteiger partial charge in [-0.25, -0.2) is 4.79 Å². The summed E-state index contributed by atoms with van der Waals surface area (Å²) in [5.74, 6) is 0.862. The molecule has 7 nitrogen and oxygen atoms in total. The minimum Gasteiger partial charge on any atom is -0.489 e. The van der Waals surface area contributed by atoms with Crippen molar-refractivity contribution in [3.63, 3.8) is 0 Å². The maximum atomic E-state index is 12.1. The van der Waals surface area contributed by atoms with Gasteiger partial charge in [-0.05, 0) is 39.2 Å². The van der Waals surface area contributed by atoms with E-state index in [1.54, 1.807) is 25.1 Å². The Morgan fingerprint density at radius 3 is 2.55 bits per heavy atom. The zero-order chi connectivity index (χ0) is 21.3. The van der Waals surface area contributed by atoms with Crippen molar-refractivity contribution in [3.05, 3.63) is 23.8 Å². The molecule has 7 heteroatoms. The lowest BCUT2D eigenvalue weighted by Crippen LogP contribution is -2.38. The Labute approximate surface area is 174 Å². The van der Waals surface area contributed by atoms with E-state index in [4.69, 9.17) is 18.9 Å². The van der Waals surface area contributed by atoms with Gasteiger partial charge in [-0.1, -0.05) is 13.8 Å². The van der Waals surface area contributed by atoms with E-state index in [0.717, 1.165) is 39.4 Å². The summed E-state index contributed by atoms with van der Waals surface area (Å²) in [5, 5.41) is 0. The normalized spacial score (nSPS) is 15.4. The fourth-order valence-corrected chi connectivity index (χ4v) is 3.37. The average molecular weight is 409 g/mol. The predicted octanol–water partition coefficient (Wildman–Crippen LogP) is 2.54. The molecule has 0 amide bonds. The lowest BCUT2D eigenvalue weighted by atomic mass is 9.94. The summed E-state index contributed by atoms with van der Waals surface area (Å²) in [5.41, 5.74) is 0.446. The van der Waals surface area contributed by atoms with Crippen molar-refractivity contribution in [1.82, 2.24) is 9.80 Å². The second-order valence-corrected chi connectivity index (χ2v) is 8.38. The average Bonchev–Trinajstić information content (AvgIpc) is 2.67. The van der Waals surface area contributed by atoms with E-state index in [2.05, 4.69) is 37.7 Å². The van der Waals surface area contributed by atoms with Gasteiger partial charge in [0.2, 0.25) is 0 Å². The SMILES string of the molecule is CCOC(=O)c1ccc(OCC(C)(C)CN(C)C)c(OCCN2CCOCC2)c1. The molecule has 0 atom stereocenters. The van der Waals surface area contributed by atoms with E-state index < -0.39 is 0 Å². The number of rotatable bonds is 11. The van der Waals surface area contributed by atoms with Gasteiger partial charge in [0.1, 0.15) is 6.61 Å². The largest absolute Gasteiger partial charge is 0.489 e. The van der Waals surface area contributed by atoms with Crippen LogP contribution in [0.1, 0.15) is 31.1 Å². The first-order valence-electron chi connectivity index (χ1n) is 10.3. The monoisotopic (exact) mass is 408 g/mol. The number of hydrogen-bond acceptors (Lipinski definition) is 7. The smallest absolute Gasteiger partial charge is 0.338 e. The van der Waals surface area contributed by atoms with E-state index in [1.807, 2.05) is 0 Å². The molecule has 1 aliphatic rings. The highest BCUT2D eigenvalue weighted by atomic mass is 16.5. The fourth-order valence-electron chi connectivity index (χ4n) is 3.37. The van der Waals surface area contributed by atoms with Crippen LogP contribution in [0.5, 0.6) is 11.5 Å². The number of carbonyl (C=O) groups is 1. The van der Waals surface area contributed by atoms with Crippen LogP contribution in [0, 0.1) is 5.41 Å². The summed E-state index contributed by atoms with van der Waals surface area (Å²) >= 11 is 0. The summed E-state index contributed by atoms with van der Waals surface area (Å²) in [6.07, 6.45) is 0. The van der Waals surface area contributed by atoms with Crippen molar-refractivity contribution in [2.24, 2.45) is 5.41 Å². The van der Waals surface area contributed by atoms with Gasteiger partial charge in [0.25, 0.3) is 0 Å². The molecule has 1 heterocycles. The molecule has 1 saturated heterocycles. The summed E-state index contributed by atoms with van der Waals surface area (Å²) in [6, 6.07) is 5.23. The molecule has 0 N–H and O–H groups in total. The number of ether oxygens (including phenoxy) is 4. The quantitative estimate of drug-likeness (QED) is 0.522. The number of benzene rings is 1. The molecule has 2 rings (SSSR count). The van der Waals surface area contributed by atoms with E-state index >= 15 is 0 Å². The van der Waals surface area contributed by atoms with Gasteiger partial charge in [0.15, 0.2) is 11.5 Å². The first kappa shape index (κ1) is 23.4. The zero-order valence-corrected chi connectivity index (χ0v) is 18.5. The second-order valence-electron chi connectivity index (χ2n) is 8.38. The van der Waals surface area contributed by atoms with E-state index in [0.29, 0.717) is 36.9 Å². The number of carbonyl (C=O) groups excluding carboxylic acids is 1. The molecule has 0 bridgehead atoms. The first-order chi connectivity index (χ1) is 13.8. The molecule has 1 fully saturated rings. The third-order valence-electron chi connectivity index (χ3n) is 4.59. The highest BCUT2D eigenvalue weighted by Gasteiger charge is 2.22. The van der Waals surface area contributed by atoms with Crippen LogP contribution in [0.2, 0.25) is 0 Å². The first-order valence-corrected chi connectivity index (χ1v) is 10.3. The number of morpholine rings is 1. The van der Waals surface area contributed by atoms with Crippen molar-refractivity contribution < 1.29 is 23.7 Å². The lowest BCUT2D eigenvalue weighted by molar-refractivity contribution is 0.0319. The van der Waals surface area contributed by atoms with Crippen molar-refractivity contribution in [3.8, 4) is 11.5 Å². The van der Waals surface area contributed by atoms with Crippen molar-refractivity contribution in [2.75, 3.05) is 73.3 Å². The van der Waals surface area contributed by atoms with E-state index in [9.17, 15) is 4.79 Å². The van der Waals surface area contributed by atoms with Gasteiger partial charge in [0.05, 0.1) is 32.0 Å². The van der Waals surface area contributed by atoms with Crippen LogP contribution in [0.15, 0.2) is 18.2 Å². The Kier molecular flexibility index (Phi) is 9.20. The molecule has 0 saturated carbocycles. The van der Waals surface area contributed by atoms with E-state index in [-0.39, 0.29) is 11.4 Å². The molecule has 0 unspecified atom stereocenters. The van der Waals surface area contributed by atoms with Crippen molar-refractivity contribution >= 4 is 5.97 Å². The third kappa shape index (κ3) is 8.20. The number of hydrogen-bond donors (Lipinski definition) is 0. The van der Waals surface area contributed by atoms with Crippen molar-refractivity contribution in [2.45, 2.75) is 20.8 Å². The molecule has 0 aromatic heterocycles. The molecule has 29 heavy (non-hydrogen) atoms. The summed E-state index contributed by atoms with van der Waals surface area (Å²) in [4.78, 5) is 16.6. The van der Waals surface area contributed by atoms with Gasteiger partial charge in [-0.15, -0.1) is 0 Å². The fraction of sp³-hybridized carbons (Fsp3) is 0.682. The Hall–Kier alpha value is -1.83. The molecule has 1 aromatic carbocycles. The van der Waals surface area contributed by atoms with Crippen LogP contribution < -0.4 is 9.47 Å². The highest BCUT2D eigenvalue weighted by molar-refractivity contribution is 5.90. The molecule has 0 radical (unpaired) electrons. The molecule has 164 valence electrons. The molecular weight excluding hydrogens is 372 g/mol. The van der Waals surface area contributed by atoms with Crippen LogP contribution in [0.25, 0.3) is 0 Å². The number of esters is 1. The Morgan fingerprint density at radius 2 is 1.90 bits per heavy atom.